The lowest BCUT2D eigenvalue weighted by atomic mass is 9.97. The molecule has 1 saturated heterocycles. The molecule has 17 nitrogen and oxygen atoms in total. The van der Waals surface area contributed by atoms with E-state index >= 15 is 0 Å². The number of carboxylic acid groups (broad SMARTS) is 1. The third-order valence-corrected chi connectivity index (χ3v) is 10.0. The first-order valence-corrected chi connectivity index (χ1v) is 20.2. The highest BCUT2D eigenvalue weighted by atomic mass is 16.5. The van der Waals surface area contributed by atoms with Gasteiger partial charge in [-0.25, -0.2) is 0 Å². The normalized spacial score (nSPS) is 19.6. The van der Waals surface area contributed by atoms with Crippen LogP contribution < -0.4 is 48.1 Å². The van der Waals surface area contributed by atoms with Crippen molar-refractivity contribution < 1.29 is 43.4 Å². The predicted molar refractivity (Wildman–Crippen MR) is 209 cm³/mol. The third-order valence-electron chi connectivity index (χ3n) is 10.0. The van der Waals surface area contributed by atoms with Gasteiger partial charge in [-0.2, -0.15) is 0 Å². The summed E-state index contributed by atoms with van der Waals surface area (Å²) < 4.78 is 5.86. The topological polar surface area (TPSA) is 273 Å². The van der Waals surface area contributed by atoms with Gasteiger partial charge in [-0.05, 0) is 89.2 Å². The number of rotatable bonds is 21. The molecule has 0 saturated carbocycles. The van der Waals surface area contributed by atoms with Crippen molar-refractivity contribution >= 4 is 47.1 Å². The monoisotopic (exact) mass is 786 g/mol. The zero-order chi connectivity index (χ0) is 40.7. The van der Waals surface area contributed by atoms with E-state index in [1.165, 1.54) is 12.1 Å². The average Bonchev–Trinajstić information content (AvgIpc) is 3.17. The van der Waals surface area contributed by atoms with Crippen LogP contribution in [0.1, 0.15) is 120 Å². The number of aliphatic carboxylic acids is 1. The van der Waals surface area contributed by atoms with Gasteiger partial charge in [0.15, 0.2) is 0 Å². The Morgan fingerprint density at radius 1 is 0.786 bits per heavy atom. The van der Waals surface area contributed by atoms with Gasteiger partial charge >= 0.3 is 5.97 Å². The molecular formula is C39H62N8O9. The first-order chi connectivity index (χ1) is 27.0. The number of primary amides is 1. The first kappa shape index (κ1) is 45.6. The van der Waals surface area contributed by atoms with Crippen molar-refractivity contribution in [2.75, 3.05) is 38.1 Å². The zero-order valence-electron chi connectivity index (χ0n) is 32.5. The number of carbonyl (C=O) groups is 7. The Bertz CT molecular complexity index is 1470. The maximum Gasteiger partial charge on any atom is 0.303 e. The van der Waals surface area contributed by atoms with E-state index in [9.17, 15) is 38.7 Å². The van der Waals surface area contributed by atoms with Crippen LogP contribution in [-0.2, 0) is 28.8 Å². The third kappa shape index (κ3) is 16.9. The maximum absolute atomic E-state index is 13.7. The fourth-order valence-electron chi connectivity index (χ4n) is 6.70. The minimum atomic E-state index is -1.35. The number of carboxylic acids is 1. The second-order valence-corrected chi connectivity index (χ2v) is 14.6. The molecule has 0 aromatic heterocycles. The molecule has 2 aliphatic rings. The SMILES string of the molecule is NCCCCC1NC(=O)C(CCC(=O)O)NC(=O)c2cc(NC(=O)CCCCCCCCCCNC(=O)C3CCNCC3)ccc2OCCC(C(N)=O)NC1=O. The standard InChI is InChI=1S/C39H62N8O9/c40-20-9-8-11-30-38(54)45-29(35(41)51)19-24-56-32-15-13-27(25-28(32)37(53)46-31(39(55)47-30)14-16-34(49)50)44-33(48)12-7-5-3-1-2-4-6-10-21-43-36(52)26-17-22-42-23-18-26/h13,15,25-26,29-31,42H,1-12,14,16-24,40H2,(H2,41,51)(H,43,52)(H,44,48)(H,45,54)(H,46,53)(H,47,55)(H,49,50). The predicted octanol–water partition coefficient (Wildman–Crippen LogP) is 1.58. The summed E-state index contributed by atoms with van der Waals surface area (Å²) in [7, 11) is 0. The highest BCUT2D eigenvalue weighted by molar-refractivity contribution is 6.02. The summed E-state index contributed by atoms with van der Waals surface area (Å²) in [5.74, 6) is -4.09. The van der Waals surface area contributed by atoms with Crippen LogP contribution in [-0.4, -0.2) is 97.4 Å². The molecule has 0 aliphatic carbocycles. The van der Waals surface area contributed by atoms with Gasteiger partial charge < -0.3 is 53.2 Å². The molecule has 312 valence electrons. The van der Waals surface area contributed by atoms with Gasteiger partial charge in [0.1, 0.15) is 23.9 Å². The van der Waals surface area contributed by atoms with Crippen molar-refractivity contribution in [1.29, 1.82) is 0 Å². The van der Waals surface area contributed by atoms with Crippen LogP contribution in [0.3, 0.4) is 0 Å². The minimum absolute atomic E-state index is 0.0312. The summed E-state index contributed by atoms with van der Waals surface area (Å²) in [4.78, 5) is 89.1. The Labute approximate surface area is 328 Å². The van der Waals surface area contributed by atoms with Gasteiger partial charge in [0.05, 0.1) is 12.2 Å². The fourth-order valence-corrected chi connectivity index (χ4v) is 6.70. The van der Waals surface area contributed by atoms with Gasteiger partial charge in [-0.1, -0.05) is 38.5 Å². The number of unbranched alkanes of at least 4 members (excludes halogenated alkanes) is 8. The number of hydrogen-bond acceptors (Lipinski definition) is 10. The highest BCUT2D eigenvalue weighted by Gasteiger charge is 2.31. The van der Waals surface area contributed by atoms with Crippen LogP contribution in [0.4, 0.5) is 5.69 Å². The summed E-state index contributed by atoms with van der Waals surface area (Å²) in [6, 6.07) is 0.825. The molecule has 3 unspecified atom stereocenters. The molecule has 0 spiro atoms. The van der Waals surface area contributed by atoms with E-state index in [2.05, 4.69) is 31.9 Å². The molecule has 11 N–H and O–H groups in total. The molecule has 1 aromatic rings. The number of nitrogens with one attached hydrogen (secondary N) is 6. The van der Waals surface area contributed by atoms with Gasteiger partial charge in [-0.15, -0.1) is 0 Å². The van der Waals surface area contributed by atoms with Crippen molar-refractivity contribution in [3.63, 3.8) is 0 Å². The second-order valence-electron chi connectivity index (χ2n) is 14.6. The summed E-state index contributed by atoms with van der Waals surface area (Å²) in [5.41, 5.74) is 11.4. The van der Waals surface area contributed by atoms with Crippen LogP contribution in [0.25, 0.3) is 0 Å². The molecule has 3 rings (SSSR count). The van der Waals surface area contributed by atoms with Gasteiger partial charge in [-0.3, -0.25) is 33.6 Å². The van der Waals surface area contributed by atoms with E-state index in [-0.39, 0.29) is 61.3 Å². The number of piperidine rings is 1. The van der Waals surface area contributed by atoms with Crippen molar-refractivity contribution in [2.45, 2.75) is 127 Å². The van der Waals surface area contributed by atoms with Crippen molar-refractivity contribution in [2.24, 2.45) is 17.4 Å². The molecule has 6 amide bonds. The Morgan fingerprint density at radius 3 is 2.12 bits per heavy atom. The van der Waals surface area contributed by atoms with E-state index in [1.807, 2.05) is 0 Å². The Kier molecular flexibility index (Phi) is 20.7. The largest absolute Gasteiger partial charge is 0.493 e. The van der Waals surface area contributed by atoms with Crippen LogP contribution in [0.5, 0.6) is 5.75 Å². The zero-order valence-corrected chi connectivity index (χ0v) is 32.5. The lowest BCUT2D eigenvalue weighted by molar-refractivity contribution is -0.137. The molecule has 17 heteroatoms. The maximum atomic E-state index is 13.7. The molecule has 0 radical (unpaired) electrons. The number of carbonyl (C=O) groups excluding carboxylic acids is 6. The molecular weight excluding hydrogens is 724 g/mol. The van der Waals surface area contributed by atoms with E-state index in [0.717, 1.165) is 77.4 Å². The molecule has 1 aromatic carbocycles. The van der Waals surface area contributed by atoms with E-state index in [1.54, 1.807) is 6.07 Å². The Morgan fingerprint density at radius 2 is 1.45 bits per heavy atom. The number of hydrogen-bond donors (Lipinski definition) is 9. The van der Waals surface area contributed by atoms with Crippen LogP contribution in [0.2, 0.25) is 0 Å². The smallest absolute Gasteiger partial charge is 0.303 e. The van der Waals surface area contributed by atoms with E-state index in [0.29, 0.717) is 31.5 Å². The van der Waals surface area contributed by atoms with Crippen LogP contribution in [0.15, 0.2) is 18.2 Å². The van der Waals surface area contributed by atoms with E-state index in [4.69, 9.17) is 16.2 Å². The molecule has 0 bridgehead atoms. The molecule has 1 fully saturated rings. The van der Waals surface area contributed by atoms with Crippen molar-refractivity contribution in [3.8, 4) is 5.75 Å². The average molecular weight is 787 g/mol. The van der Waals surface area contributed by atoms with Crippen LogP contribution in [0, 0.1) is 5.92 Å². The number of amides is 6. The fraction of sp³-hybridized carbons (Fsp3) is 0.667. The van der Waals surface area contributed by atoms with Crippen molar-refractivity contribution in [3.05, 3.63) is 23.8 Å². The molecule has 2 aliphatic heterocycles. The lowest BCUT2D eigenvalue weighted by Crippen LogP contribution is -2.56. The van der Waals surface area contributed by atoms with Crippen LogP contribution >= 0.6 is 0 Å². The number of anilines is 1. The summed E-state index contributed by atoms with van der Waals surface area (Å²) in [6.07, 6.45) is 10.4. The van der Waals surface area contributed by atoms with E-state index < -0.39 is 54.1 Å². The number of ether oxygens (including phenoxy) is 1. The number of fused-ring (bicyclic) bond motifs is 1. The quantitative estimate of drug-likeness (QED) is 0.0808. The molecule has 56 heavy (non-hydrogen) atoms. The second kappa shape index (κ2) is 25.4. The lowest BCUT2D eigenvalue weighted by Gasteiger charge is -2.26. The summed E-state index contributed by atoms with van der Waals surface area (Å²) in [5, 5.41) is 26.2. The van der Waals surface area contributed by atoms with Gasteiger partial charge in [0, 0.05) is 37.4 Å². The summed E-state index contributed by atoms with van der Waals surface area (Å²) >= 11 is 0. The molecule has 3 atom stereocenters. The summed E-state index contributed by atoms with van der Waals surface area (Å²) in [6.45, 7) is 2.76. The minimum Gasteiger partial charge on any atom is -0.493 e. The number of nitrogens with two attached hydrogens (primary N) is 2. The van der Waals surface area contributed by atoms with Gasteiger partial charge in [0.2, 0.25) is 29.5 Å². The van der Waals surface area contributed by atoms with Crippen molar-refractivity contribution in [1.82, 2.24) is 26.6 Å². The Balaban J connectivity index is 1.54. The number of benzene rings is 1. The molecule has 2 heterocycles. The highest BCUT2D eigenvalue weighted by Crippen LogP contribution is 2.25. The van der Waals surface area contributed by atoms with Gasteiger partial charge in [0.25, 0.3) is 5.91 Å². The first-order valence-electron chi connectivity index (χ1n) is 20.2. The Hall–Kier alpha value is -4.77.